The van der Waals surface area contributed by atoms with Gasteiger partial charge in [-0.3, -0.25) is 4.79 Å². The first-order valence-electron chi connectivity index (χ1n) is 8.67. The Bertz CT molecular complexity index is 718. The molecule has 0 spiro atoms. The number of rotatable bonds is 5. The number of amides is 1. The molecule has 2 aromatic rings. The molecule has 1 fully saturated rings. The molecule has 1 aliphatic rings. The minimum atomic E-state index is -0.209. The molecule has 1 aliphatic heterocycles. The van der Waals surface area contributed by atoms with E-state index in [9.17, 15) is 4.79 Å². The van der Waals surface area contributed by atoms with Gasteiger partial charge in [-0.2, -0.15) is 0 Å². The molecule has 0 radical (unpaired) electrons. The van der Waals surface area contributed by atoms with E-state index in [1.807, 2.05) is 24.3 Å². The van der Waals surface area contributed by atoms with Crippen molar-refractivity contribution in [1.29, 1.82) is 0 Å². The summed E-state index contributed by atoms with van der Waals surface area (Å²) >= 11 is 6.01. The number of para-hydroxylation sites is 1. The minimum absolute atomic E-state index is 0.0748. The van der Waals surface area contributed by atoms with Crippen LogP contribution in [0.2, 0.25) is 5.02 Å². The third-order valence-corrected chi connectivity index (χ3v) is 4.79. The second kappa shape index (κ2) is 8.26. The van der Waals surface area contributed by atoms with E-state index in [-0.39, 0.29) is 12.5 Å². The zero-order valence-corrected chi connectivity index (χ0v) is 15.1. The number of hydrogen-bond acceptors (Lipinski definition) is 3. The average Bonchev–Trinajstić information content (AvgIpc) is 2.62. The van der Waals surface area contributed by atoms with Crippen molar-refractivity contribution in [3.05, 3.63) is 53.6 Å². The minimum Gasteiger partial charge on any atom is -0.482 e. The Morgan fingerprint density at radius 1 is 1.20 bits per heavy atom. The molecule has 0 aliphatic carbocycles. The number of ether oxygens (including phenoxy) is 1. The Kier molecular flexibility index (Phi) is 5.82. The van der Waals surface area contributed by atoms with Crippen LogP contribution < -0.4 is 15.0 Å². The van der Waals surface area contributed by atoms with Crippen molar-refractivity contribution in [2.75, 3.05) is 23.4 Å². The van der Waals surface area contributed by atoms with E-state index in [2.05, 4.69) is 29.3 Å². The highest BCUT2D eigenvalue weighted by Crippen LogP contribution is 2.26. The smallest absolute Gasteiger partial charge is 0.262 e. The van der Waals surface area contributed by atoms with Crippen LogP contribution in [0.4, 0.5) is 11.4 Å². The third-order valence-electron chi connectivity index (χ3n) is 4.48. The van der Waals surface area contributed by atoms with Crippen molar-refractivity contribution < 1.29 is 9.53 Å². The predicted octanol–water partition coefficient (Wildman–Crippen LogP) is 4.74. The van der Waals surface area contributed by atoms with Crippen molar-refractivity contribution in [3.8, 4) is 5.75 Å². The molecule has 1 N–H and O–H groups in total. The number of hydrogen-bond donors (Lipinski definition) is 1. The molecule has 0 saturated carbocycles. The van der Waals surface area contributed by atoms with E-state index in [0.29, 0.717) is 16.8 Å². The zero-order chi connectivity index (χ0) is 17.6. The fraction of sp³-hybridized carbons (Fsp3) is 0.350. The summed E-state index contributed by atoms with van der Waals surface area (Å²) in [6, 6.07) is 15.7. The maximum atomic E-state index is 12.0. The molecular weight excluding hydrogens is 336 g/mol. The summed E-state index contributed by atoms with van der Waals surface area (Å²) < 4.78 is 5.45. The molecule has 132 valence electrons. The van der Waals surface area contributed by atoms with Gasteiger partial charge < -0.3 is 15.0 Å². The van der Waals surface area contributed by atoms with Crippen molar-refractivity contribution in [3.63, 3.8) is 0 Å². The number of nitrogens with one attached hydrogen (secondary N) is 1. The van der Waals surface area contributed by atoms with Crippen LogP contribution >= 0.6 is 11.6 Å². The van der Waals surface area contributed by atoms with Gasteiger partial charge in [0.15, 0.2) is 6.61 Å². The molecule has 1 atom stereocenters. The van der Waals surface area contributed by atoms with Gasteiger partial charge in [-0.05, 0) is 62.6 Å². The Morgan fingerprint density at radius 2 is 1.96 bits per heavy atom. The van der Waals surface area contributed by atoms with Gasteiger partial charge in [0, 0.05) is 24.0 Å². The first-order valence-corrected chi connectivity index (χ1v) is 9.05. The molecule has 0 unspecified atom stereocenters. The molecule has 4 nitrogen and oxygen atoms in total. The van der Waals surface area contributed by atoms with Crippen LogP contribution in [0.1, 0.15) is 26.2 Å². The number of benzene rings is 2. The molecule has 1 heterocycles. The summed E-state index contributed by atoms with van der Waals surface area (Å²) in [5, 5.41) is 3.34. The van der Waals surface area contributed by atoms with Crippen LogP contribution in [-0.4, -0.2) is 25.1 Å². The van der Waals surface area contributed by atoms with Crippen LogP contribution in [0.15, 0.2) is 48.5 Å². The fourth-order valence-electron chi connectivity index (χ4n) is 3.12. The Labute approximate surface area is 153 Å². The number of piperidine rings is 1. The third kappa shape index (κ3) is 4.67. The van der Waals surface area contributed by atoms with Gasteiger partial charge in [0.25, 0.3) is 5.91 Å². The van der Waals surface area contributed by atoms with Crippen LogP contribution in [0, 0.1) is 0 Å². The lowest BCUT2D eigenvalue weighted by Gasteiger charge is -2.35. The van der Waals surface area contributed by atoms with Gasteiger partial charge in [-0.25, -0.2) is 0 Å². The lowest BCUT2D eigenvalue weighted by atomic mass is 10.0. The van der Waals surface area contributed by atoms with Crippen molar-refractivity contribution >= 4 is 28.9 Å². The maximum absolute atomic E-state index is 12.0. The highest BCUT2D eigenvalue weighted by molar-refractivity contribution is 6.32. The molecular formula is C20H23ClN2O2. The van der Waals surface area contributed by atoms with Crippen molar-refractivity contribution in [2.24, 2.45) is 0 Å². The van der Waals surface area contributed by atoms with E-state index >= 15 is 0 Å². The largest absolute Gasteiger partial charge is 0.482 e. The highest BCUT2D eigenvalue weighted by Gasteiger charge is 2.18. The zero-order valence-electron chi connectivity index (χ0n) is 14.4. The summed E-state index contributed by atoms with van der Waals surface area (Å²) in [5.41, 5.74) is 1.97. The SMILES string of the molecule is C[C@@H]1CCCCN1c1ccc(NC(=O)COc2ccccc2Cl)cc1. The van der Waals surface area contributed by atoms with E-state index < -0.39 is 0 Å². The lowest BCUT2D eigenvalue weighted by Crippen LogP contribution is -2.37. The Balaban J connectivity index is 1.54. The number of halogens is 1. The summed E-state index contributed by atoms with van der Waals surface area (Å²) in [5.74, 6) is 0.299. The number of nitrogens with zero attached hydrogens (tertiary/aromatic N) is 1. The van der Waals surface area contributed by atoms with Crippen LogP contribution in [0.25, 0.3) is 0 Å². The average molecular weight is 359 g/mol. The summed E-state index contributed by atoms with van der Waals surface area (Å²) in [4.78, 5) is 14.5. The van der Waals surface area contributed by atoms with Gasteiger partial charge in [0.05, 0.1) is 5.02 Å². The quantitative estimate of drug-likeness (QED) is 0.839. The summed E-state index contributed by atoms with van der Waals surface area (Å²) in [6.07, 6.45) is 3.78. The van der Waals surface area contributed by atoms with Crippen molar-refractivity contribution in [2.45, 2.75) is 32.2 Å². The summed E-state index contributed by atoms with van der Waals surface area (Å²) in [7, 11) is 0. The highest BCUT2D eigenvalue weighted by atomic mass is 35.5. The van der Waals surface area contributed by atoms with E-state index in [4.69, 9.17) is 16.3 Å². The van der Waals surface area contributed by atoms with Crippen molar-refractivity contribution in [1.82, 2.24) is 0 Å². The van der Waals surface area contributed by atoms with E-state index in [1.165, 1.54) is 24.9 Å². The number of carbonyl (C=O) groups excluding carboxylic acids is 1. The fourth-order valence-corrected chi connectivity index (χ4v) is 3.31. The lowest BCUT2D eigenvalue weighted by molar-refractivity contribution is -0.118. The molecule has 2 aromatic carbocycles. The molecule has 0 aromatic heterocycles. The molecule has 1 amide bonds. The second-order valence-electron chi connectivity index (χ2n) is 6.35. The number of carbonyl (C=O) groups is 1. The molecule has 0 bridgehead atoms. The van der Waals surface area contributed by atoms with Crippen LogP contribution in [0.3, 0.4) is 0 Å². The molecule has 25 heavy (non-hydrogen) atoms. The van der Waals surface area contributed by atoms with Gasteiger partial charge in [0.2, 0.25) is 0 Å². The first-order chi connectivity index (χ1) is 12.1. The monoisotopic (exact) mass is 358 g/mol. The summed E-state index contributed by atoms with van der Waals surface area (Å²) in [6.45, 7) is 3.29. The normalized spacial score (nSPS) is 17.2. The van der Waals surface area contributed by atoms with Gasteiger partial charge in [-0.1, -0.05) is 23.7 Å². The standard InChI is InChI=1S/C20H23ClN2O2/c1-15-6-4-5-13-23(15)17-11-9-16(10-12-17)22-20(24)14-25-19-8-3-2-7-18(19)21/h2-3,7-12,15H,4-6,13-14H2,1H3,(H,22,24)/t15-/m1/s1. The molecule has 3 rings (SSSR count). The van der Waals surface area contributed by atoms with Gasteiger partial charge >= 0.3 is 0 Å². The van der Waals surface area contributed by atoms with Crippen LogP contribution in [0.5, 0.6) is 5.75 Å². The molecule has 5 heteroatoms. The van der Waals surface area contributed by atoms with Crippen LogP contribution in [-0.2, 0) is 4.79 Å². The second-order valence-corrected chi connectivity index (χ2v) is 6.76. The Hall–Kier alpha value is -2.20. The van der Waals surface area contributed by atoms with Gasteiger partial charge in [-0.15, -0.1) is 0 Å². The van der Waals surface area contributed by atoms with E-state index in [1.54, 1.807) is 12.1 Å². The first kappa shape index (κ1) is 17.6. The van der Waals surface area contributed by atoms with E-state index in [0.717, 1.165) is 12.2 Å². The maximum Gasteiger partial charge on any atom is 0.262 e. The van der Waals surface area contributed by atoms with Gasteiger partial charge in [0.1, 0.15) is 5.75 Å². The number of anilines is 2. The Morgan fingerprint density at radius 3 is 2.68 bits per heavy atom. The molecule has 1 saturated heterocycles. The predicted molar refractivity (Wildman–Crippen MR) is 103 cm³/mol. The topological polar surface area (TPSA) is 41.6 Å².